The molecule has 0 bridgehead atoms. The molecule has 13 heteroatoms. The lowest BCUT2D eigenvalue weighted by atomic mass is 9.92. The predicted molar refractivity (Wildman–Crippen MR) is 158 cm³/mol. The van der Waals surface area contributed by atoms with Gasteiger partial charge in [0, 0.05) is 75.0 Å². The molecule has 226 valence electrons. The summed E-state index contributed by atoms with van der Waals surface area (Å²) >= 11 is 12.7. The van der Waals surface area contributed by atoms with E-state index in [4.69, 9.17) is 32.7 Å². The van der Waals surface area contributed by atoms with Crippen LogP contribution in [0.4, 0.5) is 0 Å². The molecule has 10 nitrogen and oxygen atoms in total. The first-order chi connectivity index (χ1) is 19.8. The lowest BCUT2D eigenvalue weighted by Gasteiger charge is -2.34. The molecular formula is C28H38Cl2N4O6S. The molecule has 2 unspecified atom stereocenters. The molecule has 2 saturated heterocycles. The average molecular weight is 630 g/mol. The second kappa shape index (κ2) is 15.6. The van der Waals surface area contributed by atoms with Crippen molar-refractivity contribution in [3.63, 3.8) is 0 Å². The first kappa shape index (κ1) is 32.1. The minimum atomic E-state index is -3.99. The molecule has 41 heavy (non-hydrogen) atoms. The van der Waals surface area contributed by atoms with E-state index >= 15 is 0 Å². The molecule has 0 saturated carbocycles. The third-order valence-electron chi connectivity index (χ3n) is 7.46. The van der Waals surface area contributed by atoms with Crippen LogP contribution in [0.1, 0.15) is 11.6 Å². The second-order valence-corrected chi connectivity index (χ2v) is 12.9. The molecule has 2 heterocycles. The van der Waals surface area contributed by atoms with E-state index in [0.29, 0.717) is 74.8 Å². The Balaban J connectivity index is 1.62. The molecular weight excluding hydrogens is 591 g/mol. The third kappa shape index (κ3) is 9.09. The molecule has 4 rings (SSSR count). The van der Waals surface area contributed by atoms with Gasteiger partial charge in [-0.05, 0) is 29.8 Å². The van der Waals surface area contributed by atoms with Gasteiger partial charge in [0.25, 0.3) is 0 Å². The Morgan fingerprint density at radius 3 is 2.15 bits per heavy atom. The van der Waals surface area contributed by atoms with Gasteiger partial charge in [-0.1, -0.05) is 47.5 Å². The van der Waals surface area contributed by atoms with Crippen LogP contribution in [-0.4, -0.2) is 119 Å². The minimum Gasteiger partial charge on any atom is -0.481 e. The number of hydrogen-bond donors (Lipinski definition) is 2. The van der Waals surface area contributed by atoms with Crippen LogP contribution in [0.25, 0.3) is 0 Å². The number of morpholine rings is 2. The topological polar surface area (TPSA) is 112 Å². The quantitative estimate of drug-likeness (QED) is 0.326. The highest BCUT2D eigenvalue weighted by Gasteiger charge is 2.36. The van der Waals surface area contributed by atoms with Crippen LogP contribution in [0.3, 0.4) is 0 Å². The molecule has 0 radical (unpaired) electrons. The SMILES string of the molecule is O=C(O)C(CN(CCN1CCOCC1)S(=O)(=O)c1ccccc1)C(NCCN1CCOCC1)c1ccc(Cl)cc1Cl. The smallest absolute Gasteiger partial charge is 0.309 e. The molecule has 0 aromatic heterocycles. The van der Waals surface area contributed by atoms with Crippen molar-refractivity contribution in [1.29, 1.82) is 0 Å². The molecule has 2 N–H and O–H groups in total. The Labute approximate surface area is 252 Å². The number of ether oxygens (including phenoxy) is 2. The molecule has 2 fully saturated rings. The van der Waals surface area contributed by atoms with Crippen LogP contribution in [0, 0.1) is 5.92 Å². The van der Waals surface area contributed by atoms with Gasteiger partial charge in [0.15, 0.2) is 0 Å². The van der Waals surface area contributed by atoms with Gasteiger partial charge in [-0.15, -0.1) is 0 Å². The second-order valence-electron chi connectivity index (χ2n) is 10.1. The van der Waals surface area contributed by atoms with E-state index in [0.717, 1.165) is 13.1 Å². The molecule has 0 aliphatic carbocycles. The molecule has 0 amide bonds. The fourth-order valence-electron chi connectivity index (χ4n) is 5.10. The maximum absolute atomic E-state index is 13.9. The molecule has 2 atom stereocenters. The summed E-state index contributed by atoms with van der Waals surface area (Å²) in [6.07, 6.45) is 0. The number of carboxylic acids is 1. The zero-order chi connectivity index (χ0) is 29.2. The lowest BCUT2D eigenvalue weighted by molar-refractivity contribution is -0.143. The number of carboxylic acid groups (broad SMARTS) is 1. The van der Waals surface area contributed by atoms with Gasteiger partial charge in [0.05, 0.1) is 37.2 Å². The van der Waals surface area contributed by atoms with Gasteiger partial charge < -0.3 is 19.9 Å². The van der Waals surface area contributed by atoms with Crippen molar-refractivity contribution in [2.45, 2.75) is 10.9 Å². The Kier molecular flexibility index (Phi) is 12.2. The van der Waals surface area contributed by atoms with Gasteiger partial charge in [-0.3, -0.25) is 14.6 Å². The number of halogens is 2. The van der Waals surface area contributed by atoms with Crippen LogP contribution in [0.15, 0.2) is 53.4 Å². The van der Waals surface area contributed by atoms with Crippen LogP contribution in [0.2, 0.25) is 10.0 Å². The first-order valence-electron chi connectivity index (χ1n) is 13.8. The summed E-state index contributed by atoms with van der Waals surface area (Å²) in [5.41, 5.74) is 0.552. The zero-order valence-corrected chi connectivity index (χ0v) is 25.3. The Bertz CT molecular complexity index is 1230. The van der Waals surface area contributed by atoms with Crippen molar-refractivity contribution >= 4 is 39.2 Å². The Morgan fingerprint density at radius 1 is 0.951 bits per heavy atom. The highest BCUT2D eigenvalue weighted by atomic mass is 35.5. The maximum Gasteiger partial charge on any atom is 0.309 e. The predicted octanol–water partition coefficient (Wildman–Crippen LogP) is 2.68. The summed E-state index contributed by atoms with van der Waals surface area (Å²) in [4.78, 5) is 17.4. The van der Waals surface area contributed by atoms with Crippen molar-refractivity contribution in [3.05, 3.63) is 64.1 Å². The Morgan fingerprint density at radius 2 is 1.56 bits per heavy atom. The van der Waals surface area contributed by atoms with Gasteiger partial charge >= 0.3 is 5.97 Å². The lowest BCUT2D eigenvalue weighted by Crippen LogP contribution is -2.48. The number of benzene rings is 2. The monoisotopic (exact) mass is 628 g/mol. The third-order valence-corrected chi connectivity index (χ3v) is 9.91. The van der Waals surface area contributed by atoms with Crippen LogP contribution in [-0.2, 0) is 24.3 Å². The highest BCUT2D eigenvalue weighted by molar-refractivity contribution is 7.89. The number of nitrogens with zero attached hydrogens (tertiary/aromatic N) is 3. The van der Waals surface area contributed by atoms with Gasteiger partial charge in [-0.2, -0.15) is 4.31 Å². The maximum atomic E-state index is 13.9. The van der Waals surface area contributed by atoms with Crippen LogP contribution < -0.4 is 5.32 Å². The van der Waals surface area contributed by atoms with Crippen molar-refractivity contribution in [3.8, 4) is 0 Å². The molecule has 2 aromatic rings. The van der Waals surface area contributed by atoms with E-state index in [2.05, 4.69) is 15.1 Å². The largest absolute Gasteiger partial charge is 0.481 e. The van der Waals surface area contributed by atoms with Crippen molar-refractivity contribution < 1.29 is 27.8 Å². The molecule has 0 spiro atoms. The zero-order valence-electron chi connectivity index (χ0n) is 23.0. The van der Waals surface area contributed by atoms with E-state index in [1.807, 2.05) is 0 Å². The van der Waals surface area contributed by atoms with E-state index in [1.165, 1.54) is 16.4 Å². The van der Waals surface area contributed by atoms with Crippen LogP contribution in [0.5, 0.6) is 0 Å². The minimum absolute atomic E-state index is 0.118. The molecule has 2 aliphatic rings. The summed E-state index contributed by atoms with van der Waals surface area (Å²) in [5.74, 6) is -2.26. The number of carbonyl (C=O) groups is 1. The van der Waals surface area contributed by atoms with Gasteiger partial charge in [-0.25, -0.2) is 8.42 Å². The normalized spacial score (nSPS) is 18.8. The molecule has 2 aliphatic heterocycles. The number of rotatable bonds is 14. The fraction of sp³-hybridized carbons (Fsp3) is 0.536. The summed E-state index contributed by atoms with van der Waals surface area (Å²) in [7, 11) is -3.99. The summed E-state index contributed by atoms with van der Waals surface area (Å²) in [6.45, 7) is 6.93. The standard InChI is InChI=1S/C28H38Cl2N4O6S/c29-22-6-7-24(26(30)20-22)27(31-8-9-32-12-16-39-17-13-32)25(28(35)36)21-34(11-10-33-14-18-40-19-15-33)41(37,38)23-4-2-1-3-5-23/h1-7,20,25,27,31H,8-19,21H2,(H,35,36). The van der Waals surface area contributed by atoms with Crippen molar-refractivity contribution in [1.82, 2.24) is 19.4 Å². The Hall–Kier alpha value is -1.80. The number of aliphatic carboxylic acids is 1. The number of nitrogens with one attached hydrogen (secondary N) is 1. The summed E-state index contributed by atoms with van der Waals surface area (Å²) in [6, 6.07) is 12.3. The van der Waals surface area contributed by atoms with E-state index < -0.39 is 28.0 Å². The molecule has 2 aromatic carbocycles. The fourth-order valence-corrected chi connectivity index (χ4v) is 7.10. The van der Waals surface area contributed by atoms with E-state index in [1.54, 1.807) is 36.4 Å². The number of sulfonamides is 1. The van der Waals surface area contributed by atoms with Crippen molar-refractivity contribution in [2.75, 3.05) is 85.3 Å². The average Bonchev–Trinajstić information content (AvgIpc) is 2.97. The highest BCUT2D eigenvalue weighted by Crippen LogP contribution is 2.32. The first-order valence-corrected chi connectivity index (χ1v) is 16.0. The van der Waals surface area contributed by atoms with Crippen molar-refractivity contribution in [2.24, 2.45) is 5.92 Å². The number of hydrogen-bond acceptors (Lipinski definition) is 8. The van der Waals surface area contributed by atoms with E-state index in [-0.39, 0.29) is 18.0 Å². The van der Waals surface area contributed by atoms with Crippen LogP contribution >= 0.6 is 23.2 Å². The summed E-state index contributed by atoms with van der Waals surface area (Å²) in [5, 5.41) is 14.6. The van der Waals surface area contributed by atoms with Gasteiger partial charge in [0.2, 0.25) is 10.0 Å². The summed E-state index contributed by atoms with van der Waals surface area (Å²) < 4.78 is 39.9. The van der Waals surface area contributed by atoms with Gasteiger partial charge in [0.1, 0.15) is 0 Å². The van der Waals surface area contributed by atoms with E-state index in [9.17, 15) is 18.3 Å².